The fraction of sp³-hybridized carbons (Fsp3) is 0.167. The van der Waals surface area contributed by atoms with Crippen molar-refractivity contribution in [2.45, 2.75) is 19.9 Å². The quantitative estimate of drug-likeness (QED) is 0.462. The Morgan fingerprint density at radius 2 is 1.83 bits per heavy atom. The van der Waals surface area contributed by atoms with E-state index in [1.807, 2.05) is 80.6 Å². The molecule has 0 fully saturated rings. The number of hydrogen-bond donors (Lipinski definition) is 2. The van der Waals surface area contributed by atoms with Crippen LogP contribution in [0.25, 0.3) is 11.1 Å². The van der Waals surface area contributed by atoms with Crippen LogP contribution in [-0.4, -0.2) is 18.0 Å². The van der Waals surface area contributed by atoms with Crippen molar-refractivity contribution in [1.29, 1.82) is 0 Å². The number of aromatic nitrogens is 1. The number of carbonyl (C=O) groups is 1. The van der Waals surface area contributed by atoms with Gasteiger partial charge in [-0.1, -0.05) is 36.4 Å². The van der Waals surface area contributed by atoms with Gasteiger partial charge in [-0.15, -0.1) is 0 Å². The van der Waals surface area contributed by atoms with Gasteiger partial charge in [0.2, 0.25) is 0 Å². The molecule has 6 nitrogen and oxygen atoms in total. The van der Waals surface area contributed by atoms with Gasteiger partial charge in [0, 0.05) is 12.6 Å². The first kappa shape index (κ1) is 19.5. The molecule has 2 N–H and O–H groups in total. The summed E-state index contributed by atoms with van der Waals surface area (Å²) >= 11 is 0. The molecule has 0 aliphatic heterocycles. The molecule has 1 heterocycles. The van der Waals surface area contributed by atoms with Gasteiger partial charge >= 0.3 is 0 Å². The molecule has 0 aliphatic carbocycles. The highest BCUT2D eigenvalue weighted by Gasteiger charge is 2.22. The van der Waals surface area contributed by atoms with Crippen LogP contribution in [0.3, 0.4) is 0 Å². The maximum Gasteiger partial charge on any atom is 0.251 e. The molecular weight excluding hydrogens is 378 g/mol. The van der Waals surface area contributed by atoms with E-state index in [-0.39, 0.29) is 5.91 Å². The Balaban J connectivity index is 1.65. The van der Waals surface area contributed by atoms with Crippen LogP contribution in [0.1, 0.15) is 23.1 Å². The Kier molecular flexibility index (Phi) is 5.39. The molecule has 3 aromatic carbocycles. The Labute approximate surface area is 174 Å². The maximum absolute atomic E-state index is 13.3. The zero-order valence-corrected chi connectivity index (χ0v) is 17.1. The molecule has 152 valence electrons. The lowest BCUT2D eigenvalue weighted by molar-refractivity contribution is -0.117. The first-order chi connectivity index (χ1) is 14.5. The number of oxazole rings is 1. The zero-order chi connectivity index (χ0) is 21.1. The predicted molar refractivity (Wildman–Crippen MR) is 118 cm³/mol. The van der Waals surface area contributed by atoms with E-state index in [4.69, 9.17) is 9.15 Å². The number of methoxy groups -OCH3 is 1. The lowest BCUT2D eigenvalue weighted by atomic mass is 10.1. The number of ether oxygens (including phenoxy) is 1. The number of aryl methyl sites for hydroxylation is 2. The van der Waals surface area contributed by atoms with Gasteiger partial charge in [-0.05, 0) is 48.4 Å². The van der Waals surface area contributed by atoms with E-state index < -0.39 is 6.04 Å². The van der Waals surface area contributed by atoms with E-state index in [1.165, 1.54) is 0 Å². The Morgan fingerprint density at radius 1 is 1.03 bits per heavy atom. The van der Waals surface area contributed by atoms with Gasteiger partial charge in [0.05, 0.1) is 12.8 Å². The predicted octanol–water partition coefficient (Wildman–Crippen LogP) is 5.25. The highest BCUT2D eigenvalue weighted by atomic mass is 16.5. The smallest absolute Gasteiger partial charge is 0.251 e. The van der Waals surface area contributed by atoms with Crippen LogP contribution in [-0.2, 0) is 4.79 Å². The molecule has 1 aromatic heterocycles. The SMILES string of the molecule is COc1ccc(C)cc1NC(=O)[C@H](Nc1ccc2oc(C)nc2c1)c1ccccc1. The monoisotopic (exact) mass is 401 g/mol. The topological polar surface area (TPSA) is 76.4 Å². The van der Waals surface area contributed by atoms with E-state index in [9.17, 15) is 4.79 Å². The van der Waals surface area contributed by atoms with Crippen molar-refractivity contribution in [2.75, 3.05) is 17.7 Å². The highest BCUT2D eigenvalue weighted by molar-refractivity contribution is 5.98. The van der Waals surface area contributed by atoms with Gasteiger partial charge in [0.15, 0.2) is 11.5 Å². The van der Waals surface area contributed by atoms with Gasteiger partial charge < -0.3 is 19.8 Å². The van der Waals surface area contributed by atoms with Gasteiger partial charge in [0.25, 0.3) is 5.91 Å². The molecule has 1 amide bonds. The summed E-state index contributed by atoms with van der Waals surface area (Å²) in [4.78, 5) is 17.7. The fourth-order valence-corrected chi connectivity index (χ4v) is 3.37. The molecule has 0 spiro atoms. The van der Waals surface area contributed by atoms with E-state index in [0.29, 0.717) is 22.9 Å². The molecule has 1 atom stereocenters. The first-order valence-corrected chi connectivity index (χ1v) is 9.67. The number of carbonyl (C=O) groups excluding carboxylic acids is 1. The van der Waals surface area contributed by atoms with E-state index in [1.54, 1.807) is 7.11 Å². The number of amides is 1. The molecular formula is C24H23N3O3. The van der Waals surface area contributed by atoms with Gasteiger partial charge in [-0.25, -0.2) is 4.98 Å². The molecule has 30 heavy (non-hydrogen) atoms. The second-order valence-corrected chi connectivity index (χ2v) is 7.10. The molecule has 0 aliphatic rings. The zero-order valence-electron chi connectivity index (χ0n) is 17.1. The minimum atomic E-state index is -0.609. The summed E-state index contributed by atoms with van der Waals surface area (Å²) < 4.78 is 10.9. The number of anilines is 2. The molecule has 0 saturated heterocycles. The third-order valence-electron chi connectivity index (χ3n) is 4.81. The number of hydrogen-bond acceptors (Lipinski definition) is 5. The van der Waals surface area contributed by atoms with Gasteiger partial charge in [-0.2, -0.15) is 0 Å². The number of nitrogens with zero attached hydrogens (tertiary/aromatic N) is 1. The standard InChI is InChI=1S/C24H23N3O3/c1-15-9-11-21(29-3)19(13-15)27-24(28)23(17-7-5-4-6-8-17)26-18-10-12-22-20(14-18)25-16(2)30-22/h4-14,23,26H,1-3H3,(H,27,28)/t23-/m1/s1. The Bertz CT molecular complexity index is 1190. The van der Waals surface area contributed by atoms with Crippen LogP contribution in [0, 0.1) is 13.8 Å². The molecule has 6 heteroatoms. The molecule has 0 bridgehead atoms. The average molecular weight is 401 g/mol. The van der Waals surface area contributed by atoms with Crippen molar-refractivity contribution >= 4 is 28.4 Å². The van der Waals surface area contributed by atoms with Crippen molar-refractivity contribution < 1.29 is 13.9 Å². The van der Waals surface area contributed by atoms with Crippen LogP contribution in [0.5, 0.6) is 5.75 Å². The largest absolute Gasteiger partial charge is 0.495 e. The van der Waals surface area contributed by atoms with Gasteiger partial charge in [0.1, 0.15) is 17.3 Å². The lowest BCUT2D eigenvalue weighted by Crippen LogP contribution is -2.27. The van der Waals surface area contributed by atoms with Crippen LogP contribution in [0.15, 0.2) is 71.1 Å². The molecule has 0 radical (unpaired) electrons. The average Bonchev–Trinajstić information content (AvgIpc) is 3.12. The third kappa shape index (κ3) is 4.12. The second-order valence-electron chi connectivity index (χ2n) is 7.10. The summed E-state index contributed by atoms with van der Waals surface area (Å²) in [6, 6.07) is 20.3. The second kappa shape index (κ2) is 8.29. The minimum Gasteiger partial charge on any atom is -0.495 e. The third-order valence-corrected chi connectivity index (χ3v) is 4.81. The number of nitrogens with one attached hydrogen (secondary N) is 2. The number of benzene rings is 3. The Morgan fingerprint density at radius 3 is 2.60 bits per heavy atom. The molecule has 4 rings (SSSR count). The van der Waals surface area contributed by atoms with E-state index in [0.717, 1.165) is 22.3 Å². The normalized spacial score (nSPS) is 11.8. The lowest BCUT2D eigenvalue weighted by Gasteiger charge is -2.21. The molecule has 4 aromatic rings. The summed E-state index contributed by atoms with van der Waals surface area (Å²) in [5.74, 6) is 1.02. The van der Waals surface area contributed by atoms with Crippen LogP contribution in [0.2, 0.25) is 0 Å². The van der Waals surface area contributed by atoms with Gasteiger partial charge in [-0.3, -0.25) is 4.79 Å². The van der Waals surface area contributed by atoms with Crippen LogP contribution < -0.4 is 15.4 Å². The van der Waals surface area contributed by atoms with Crippen molar-refractivity contribution in [3.05, 3.63) is 83.7 Å². The minimum absolute atomic E-state index is 0.193. The fourth-order valence-electron chi connectivity index (χ4n) is 3.37. The van der Waals surface area contributed by atoms with Crippen molar-refractivity contribution in [3.8, 4) is 5.75 Å². The number of rotatable bonds is 6. The summed E-state index contributed by atoms with van der Waals surface area (Å²) in [6.45, 7) is 3.78. The summed E-state index contributed by atoms with van der Waals surface area (Å²) in [5, 5.41) is 6.34. The highest BCUT2D eigenvalue weighted by Crippen LogP contribution is 2.29. The number of fused-ring (bicyclic) bond motifs is 1. The van der Waals surface area contributed by atoms with Crippen LogP contribution >= 0.6 is 0 Å². The van der Waals surface area contributed by atoms with Crippen LogP contribution in [0.4, 0.5) is 11.4 Å². The first-order valence-electron chi connectivity index (χ1n) is 9.67. The molecule has 0 unspecified atom stereocenters. The maximum atomic E-state index is 13.3. The van der Waals surface area contributed by atoms with Crippen molar-refractivity contribution in [2.24, 2.45) is 0 Å². The summed E-state index contributed by atoms with van der Waals surface area (Å²) in [6.07, 6.45) is 0. The molecule has 0 saturated carbocycles. The van der Waals surface area contributed by atoms with E-state index in [2.05, 4.69) is 15.6 Å². The summed E-state index contributed by atoms with van der Waals surface area (Å²) in [7, 11) is 1.59. The van der Waals surface area contributed by atoms with E-state index >= 15 is 0 Å². The Hall–Kier alpha value is -3.80. The van der Waals surface area contributed by atoms with Crippen molar-refractivity contribution in [3.63, 3.8) is 0 Å². The summed E-state index contributed by atoms with van der Waals surface area (Å²) in [5.41, 5.74) is 4.73. The van der Waals surface area contributed by atoms with Crippen molar-refractivity contribution in [1.82, 2.24) is 4.98 Å².